The molecule has 1 amide bonds. The van der Waals surface area contributed by atoms with Gasteiger partial charge >= 0.3 is 0 Å². The van der Waals surface area contributed by atoms with Crippen molar-refractivity contribution in [3.63, 3.8) is 0 Å². The standard InChI is InChI=1S/C21H15FN4O/c22-16-3-1-2-14(10-16)12-25-21(27)20-11-17(15-4-7-23-8-5-15)18-13-24-9-6-19(18)26-20/h1-11,13H,12H2,(H,25,27). The summed E-state index contributed by atoms with van der Waals surface area (Å²) in [6, 6.07) is 13.4. The minimum absolute atomic E-state index is 0.219. The van der Waals surface area contributed by atoms with Gasteiger partial charge in [-0.25, -0.2) is 9.37 Å². The van der Waals surface area contributed by atoms with Crippen molar-refractivity contribution >= 4 is 16.8 Å². The van der Waals surface area contributed by atoms with Crippen LogP contribution in [0.2, 0.25) is 0 Å². The van der Waals surface area contributed by atoms with Crippen molar-refractivity contribution in [3.05, 3.63) is 90.4 Å². The van der Waals surface area contributed by atoms with Crippen molar-refractivity contribution in [1.82, 2.24) is 20.3 Å². The van der Waals surface area contributed by atoms with Crippen LogP contribution in [0.25, 0.3) is 22.0 Å². The van der Waals surface area contributed by atoms with E-state index >= 15 is 0 Å². The highest BCUT2D eigenvalue weighted by Crippen LogP contribution is 2.27. The van der Waals surface area contributed by atoms with Crippen LogP contribution in [0, 0.1) is 5.82 Å². The number of amides is 1. The fourth-order valence-corrected chi connectivity index (χ4v) is 2.88. The summed E-state index contributed by atoms with van der Waals surface area (Å²) in [4.78, 5) is 25.3. The Kier molecular flexibility index (Phi) is 4.53. The molecule has 1 aromatic carbocycles. The summed E-state index contributed by atoms with van der Waals surface area (Å²) in [5.74, 6) is -0.661. The number of fused-ring (bicyclic) bond motifs is 1. The van der Waals surface area contributed by atoms with E-state index in [0.29, 0.717) is 11.1 Å². The van der Waals surface area contributed by atoms with Crippen molar-refractivity contribution in [2.45, 2.75) is 6.54 Å². The van der Waals surface area contributed by atoms with Gasteiger partial charge in [-0.05, 0) is 53.1 Å². The second kappa shape index (κ2) is 7.29. The van der Waals surface area contributed by atoms with Gasteiger partial charge in [-0.2, -0.15) is 0 Å². The number of benzene rings is 1. The van der Waals surface area contributed by atoms with Gasteiger partial charge in [-0.15, -0.1) is 0 Å². The molecule has 3 aromatic heterocycles. The van der Waals surface area contributed by atoms with E-state index < -0.39 is 0 Å². The number of pyridine rings is 3. The topological polar surface area (TPSA) is 67.8 Å². The summed E-state index contributed by atoms with van der Waals surface area (Å²) in [6.45, 7) is 0.219. The number of halogens is 1. The molecule has 0 atom stereocenters. The number of carbonyl (C=O) groups is 1. The normalized spacial score (nSPS) is 10.7. The predicted octanol–water partition coefficient (Wildman–Crippen LogP) is 3.76. The van der Waals surface area contributed by atoms with Crippen molar-refractivity contribution < 1.29 is 9.18 Å². The predicted molar refractivity (Wildman–Crippen MR) is 100 cm³/mol. The molecular formula is C21H15FN4O. The molecule has 0 fully saturated rings. The van der Waals surface area contributed by atoms with E-state index in [1.807, 2.05) is 12.1 Å². The Hall–Kier alpha value is -3.67. The molecule has 3 heterocycles. The lowest BCUT2D eigenvalue weighted by molar-refractivity contribution is 0.0946. The number of carbonyl (C=O) groups excluding carboxylic acids is 1. The third kappa shape index (κ3) is 3.64. The van der Waals surface area contributed by atoms with Crippen molar-refractivity contribution in [2.75, 3.05) is 0 Å². The number of nitrogens with one attached hydrogen (secondary N) is 1. The summed E-state index contributed by atoms with van der Waals surface area (Å²) in [5.41, 5.74) is 3.42. The molecule has 0 aliphatic heterocycles. The molecule has 5 nitrogen and oxygen atoms in total. The van der Waals surface area contributed by atoms with Gasteiger partial charge in [-0.3, -0.25) is 14.8 Å². The molecular weight excluding hydrogens is 343 g/mol. The molecule has 0 saturated carbocycles. The minimum atomic E-state index is -0.335. The monoisotopic (exact) mass is 358 g/mol. The largest absolute Gasteiger partial charge is 0.347 e. The second-order valence-corrected chi connectivity index (χ2v) is 6.00. The molecule has 0 unspecified atom stereocenters. The zero-order valence-electron chi connectivity index (χ0n) is 14.3. The van der Waals surface area contributed by atoms with Gasteiger partial charge in [0.2, 0.25) is 0 Å². The average molecular weight is 358 g/mol. The highest BCUT2D eigenvalue weighted by molar-refractivity contribution is 6.00. The number of aromatic nitrogens is 3. The van der Waals surface area contributed by atoms with Gasteiger partial charge in [0.15, 0.2) is 0 Å². The first-order valence-corrected chi connectivity index (χ1v) is 8.38. The van der Waals surface area contributed by atoms with Gasteiger partial charge in [0, 0.05) is 36.7 Å². The first-order valence-electron chi connectivity index (χ1n) is 8.38. The quantitative estimate of drug-likeness (QED) is 0.603. The molecule has 1 N–H and O–H groups in total. The van der Waals surface area contributed by atoms with Crippen LogP contribution in [0.15, 0.2) is 73.3 Å². The zero-order valence-corrected chi connectivity index (χ0v) is 14.3. The van der Waals surface area contributed by atoms with Crippen molar-refractivity contribution in [2.24, 2.45) is 0 Å². The van der Waals surface area contributed by atoms with Crippen LogP contribution >= 0.6 is 0 Å². The van der Waals surface area contributed by atoms with Gasteiger partial charge in [0.25, 0.3) is 5.91 Å². The summed E-state index contributed by atoms with van der Waals surface area (Å²) in [7, 11) is 0. The molecule has 0 radical (unpaired) electrons. The Morgan fingerprint density at radius 3 is 2.63 bits per heavy atom. The van der Waals surface area contributed by atoms with Crippen molar-refractivity contribution in [1.29, 1.82) is 0 Å². The number of hydrogen-bond donors (Lipinski definition) is 1. The van der Waals surface area contributed by atoms with Crippen LogP contribution in [-0.2, 0) is 6.54 Å². The van der Waals surface area contributed by atoms with E-state index in [9.17, 15) is 9.18 Å². The Morgan fingerprint density at radius 2 is 1.81 bits per heavy atom. The lowest BCUT2D eigenvalue weighted by Crippen LogP contribution is -2.24. The van der Waals surface area contributed by atoms with E-state index in [4.69, 9.17) is 0 Å². The summed E-state index contributed by atoms with van der Waals surface area (Å²) >= 11 is 0. The Labute approximate surface area is 154 Å². The first-order chi connectivity index (χ1) is 13.2. The van der Waals surface area contributed by atoms with Crippen LogP contribution in [0.1, 0.15) is 16.1 Å². The Morgan fingerprint density at radius 1 is 1.00 bits per heavy atom. The third-order valence-electron chi connectivity index (χ3n) is 4.18. The fraction of sp³-hybridized carbons (Fsp3) is 0.0476. The third-order valence-corrected chi connectivity index (χ3v) is 4.18. The molecule has 0 saturated heterocycles. The van der Waals surface area contributed by atoms with Crippen LogP contribution in [0.4, 0.5) is 4.39 Å². The first kappa shape index (κ1) is 16.8. The van der Waals surface area contributed by atoms with Gasteiger partial charge in [0.05, 0.1) is 5.52 Å². The summed E-state index contributed by atoms with van der Waals surface area (Å²) in [5, 5.41) is 3.64. The van der Waals surface area contributed by atoms with E-state index in [-0.39, 0.29) is 24.0 Å². The van der Waals surface area contributed by atoms with Gasteiger partial charge < -0.3 is 5.32 Å². The number of hydrogen-bond acceptors (Lipinski definition) is 4. The molecule has 27 heavy (non-hydrogen) atoms. The lowest BCUT2D eigenvalue weighted by atomic mass is 10.0. The molecule has 0 aliphatic rings. The zero-order chi connectivity index (χ0) is 18.6. The molecule has 132 valence electrons. The lowest BCUT2D eigenvalue weighted by Gasteiger charge is -2.10. The second-order valence-electron chi connectivity index (χ2n) is 6.00. The smallest absolute Gasteiger partial charge is 0.270 e. The molecule has 6 heteroatoms. The van der Waals surface area contributed by atoms with E-state index in [0.717, 1.165) is 16.5 Å². The average Bonchev–Trinajstić information content (AvgIpc) is 2.72. The SMILES string of the molecule is O=C(NCc1cccc(F)c1)c1cc(-c2ccncc2)c2cnccc2n1. The van der Waals surface area contributed by atoms with Crippen LogP contribution < -0.4 is 5.32 Å². The fourth-order valence-electron chi connectivity index (χ4n) is 2.88. The Bertz CT molecular complexity index is 1120. The van der Waals surface area contributed by atoms with Crippen LogP contribution in [0.3, 0.4) is 0 Å². The highest BCUT2D eigenvalue weighted by atomic mass is 19.1. The van der Waals surface area contributed by atoms with Crippen molar-refractivity contribution in [3.8, 4) is 11.1 Å². The molecule has 0 aliphatic carbocycles. The maximum Gasteiger partial charge on any atom is 0.270 e. The number of rotatable bonds is 4. The van der Waals surface area contributed by atoms with E-state index in [2.05, 4.69) is 20.3 Å². The van der Waals surface area contributed by atoms with E-state index in [1.54, 1.807) is 49.1 Å². The van der Waals surface area contributed by atoms with Gasteiger partial charge in [0.1, 0.15) is 11.5 Å². The molecule has 4 rings (SSSR count). The maximum atomic E-state index is 13.3. The van der Waals surface area contributed by atoms with Crippen LogP contribution in [-0.4, -0.2) is 20.9 Å². The Balaban J connectivity index is 1.68. The highest BCUT2D eigenvalue weighted by Gasteiger charge is 2.13. The van der Waals surface area contributed by atoms with Gasteiger partial charge in [-0.1, -0.05) is 12.1 Å². The summed E-state index contributed by atoms with van der Waals surface area (Å²) in [6.07, 6.45) is 6.76. The maximum absolute atomic E-state index is 13.3. The minimum Gasteiger partial charge on any atom is -0.347 e. The molecule has 0 bridgehead atoms. The van der Waals surface area contributed by atoms with E-state index in [1.165, 1.54) is 12.1 Å². The van der Waals surface area contributed by atoms with Crippen LogP contribution in [0.5, 0.6) is 0 Å². The number of nitrogens with zero attached hydrogens (tertiary/aromatic N) is 3. The summed E-state index contributed by atoms with van der Waals surface area (Å²) < 4.78 is 13.3. The molecule has 4 aromatic rings. The molecule has 0 spiro atoms.